The van der Waals surface area contributed by atoms with Crippen LogP contribution in [0.5, 0.6) is 5.75 Å². The first kappa shape index (κ1) is 16.9. The molecule has 0 aliphatic heterocycles. The minimum atomic E-state index is -3.83. The van der Waals surface area contributed by atoms with E-state index in [1.54, 1.807) is 0 Å². The van der Waals surface area contributed by atoms with Crippen LogP contribution in [0.3, 0.4) is 0 Å². The molecule has 2 aromatic rings. The molecule has 2 aromatic carbocycles. The van der Waals surface area contributed by atoms with Crippen LogP contribution in [0.4, 0.5) is 0 Å². The van der Waals surface area contributed by atoms with E-state index >= 15 is 0 Å². The summed E-state index contributed by atoms with van der Waals surface area (Å²) in [6, 6.07) is 8.32. The van der Waals surface area contributed by atoms with Gasteiger partial charge >= 0.3 is 0 Å². The van der Waals surface area contributed by atoms with Gasteiger partial charge in [0.25, 0.3) is 10.0 Å². The maximum Gasteiger partial charge on any atom is 0.276 e. The third-order valence-corrected chi connectivity index (χ3v) is 4.55. The molecule has 0 aliphatic carbocycles. The summed E-state index contributed by atoms with van der Waals surface area (Å²) in [5.74, 6) is -0.250. The molecule has 0 atom stereocenters. The third-order valence-electron chi connectivity index (χ3n) is 2.56. The van der Waals surface area contributed by atoms with Crippen molar-refractivity contribution in [3.05, 3.63) is 57.0 Å². The Labute approximate surface area is 142 Å². The second kappa shape index (κ2) is 6.75. The fraction of sp³-hybridized carbons (Fsp3) is 0. The minimum Gasteiger partial charge on any atom is -0.506 e. The number of hydrogen-bond donors (Lipinski definition) is 2. The van der Waals surface area contributed by atoms with Gasteiger partial charge in [0, 0.05) is 15.6 Å². The van der Waals surface area contributed by atoms with Crippen LogP contribution < -0.4 is 4.83 Å². The van der Waals surface area contributed by atoms with E-state index in [0.717, 1.165) is 6.21 Å². The maximum absolute atomic E-state index is 12.0. The second-order valence-corrected chi connectivity index (χ2v) is 7.07. The molecular formula is C13H9Cl3N2O3S. The molecule has 22 heavy (non-hydrogen) atoms. The zero-order chi connectivity index (χ0) is 16.3. The third kappa shape index (κ3) is 4.04. The lowest BCUT2D eigenvalue weighted by Gasteiger charge is -2.04. The normalized spacial score (nSPS) is 11.8. The Balaban J connectivity index is 2.20. The average Bonchev–Trinajstić information content (AvgIpc) is 2.44. The number of hydrazone groups is 1. The largest absolute Gasteiger partial charge is 0.506 e. The monoisotopic (exact) mass is 378 g/mol. The van der Waals surface area contributed by atoms with Crippen molar-refractivity contribution >= 4 is 51.0 Å². The van der Waals surface area contributed by atoms with Gasteiger partial charge in [-0.1, -0.05) is 34.8 Å². The molecule has 116 valence electrons. The van der Waals surface area contributed by atoms with Gasteiger partial charge < -0.3 is 5.11 Å². The maximum atomic E-state index is 12.0. The van der Waals surface area contributed by atoms with Crippen molar-refractivity contribution in [1.29, 1.82) is 0 Å². The van der Waals surface area contributed by atoms with Gasteiger partial charge in [0.2, 0.25) is 0 Å². The predicted octanol–water partition coefficient (Wildman–Crippen LogP) is 3.66. The molecule has 2 N–H and O–H groups in total. The van der Waals surface area contributed by atoms with Crippen LogP contribution in [0.1, 0.15) is 5.56 Å². The first-order valence-electron chi connectivity index (χ1n) is 5.78. The minimum absolute atomic E-state index is 0.00222. The molecule has 0 saturated carbocycles. The van der Waals surface area contributed by atoms with Crippen molar-refractivity contribution in [3.8, 4) is 5.75 Å². The highest BCUT2D eigenvalue weighted by Gasteiger charge is 2.12. The van der Waals surface area contributed by atoms with Crippen LogP contribution in [0, 0.1) is 0 Å². The van der Waals surface area contributed by atoms with Crippen molar-refractivity contribution in [2.75, 3.05) is 0 Å². The molecule has 5 nitrogen and oxygen atoms in total. The fourth-order valence-electron chi connectivity index (χ4n) is 1.52. The highest BCUT2D eigenvalue weighted by atomic mass is 35.5. The van der Waals surface area contributed by atoms with E-state index in [9.17, 15) is 13.5 Å². The van der Waals surface area contributed by atoms with Crippen molar-refractivity contribution < 1.29 is 13.5 Å². The number of hydrogen-bond acceptors (Lipinski definition) is 4. The summed E-state index contributed by atoms with van der Waals surface area (Å²) in [6.45, 7) is 0. The average molecular weight is 380 g/mol. The lowest BCUT2D eigenvalue weighted by molar-refractivity contribution is 0.474. The quantitative estimate of drug-likeness (QED) is 0.628. The highest BCUT2D eigenvalue weighted by Crippen LogP contribution is 2.29. The highest BCUT2D eigenvalue weighted by molar-refractivity contribution is 7.89. The summed E-state index contributed by atoms with van der Waals surface area (Å²) in [4.78, 5) is 2.01. The van der Waals surface area contributed by atoms with Gasteiger partial charge in [-0.2, -0.15) is 13.5 Å². The van der Waals surface area contributed by atoms with Gasteiger partial charge in [-0.15, -0.1) is 0 Å². The number of rotatable bonds is 4. The molecule has 0 spiro atoms. The van der Waals surface area contributed by atoms with E-state index in [0.29, 0.717) is 5.02 Å². The van der Waals surface area contributed by atoms with Crippen LogP contribution >= 0.6 is 34.8 Å². The Hall–Kier alpha value is -1.47. The van der Waals surface area contributed by atoms with E-state index in [1.807, 2.05) is 4.83 Å². The van der Waals surface area contributed by atoms with Crippen molar-refractivity contribution in [1.82, 2.24) is 4.83 Å². The number of nitrogens with one attached hydrogen (secondary N) is 1. The molecule has 0 saturated heterocycles. The van der Waals surface area contributed by atoms with Gasteiger partial charge in [0.05, 0.1) is 16.1 Å². The molecule has 0 radical (unpaired) electrons. The molecule has 9 heteroatoms. The van der Waals surface area contributed by atoms with Gasteiger partial charge in [-0.25, -0.2) is 4.83 Å². The number of phenolic OH excluding ortho intramolecular Hbond substituents is 1. The van der Waals surface area contributed by atoms with E-state index in [2.05, 4.69) is 5.10 Å². The Morgan fingerprint density at radius 1 is 1.05 bits per heavy atom. The molecule has 0 heterocycles. The fourth-order valence-corrected chi connectivity index (χ4v) is 2.94. The number of sulfonamides is 1. The van der Waals surface area contributed by atoms with Gasteiger partial charge in [0.15, 0.2) is 0 Å². The van der Waals surface area contributed by atoms with Crippen molar-refractivity contribution in [3.63, 3.8) is 0 Å². The van der Waals surface area contributed by atoms with Gasteiger partial charge in [-0.3, -0.25) is 0 Å². The van der Waals surface area contributed by atoms with E-state index < -0.39 is 10.0 Å². The lowest BCUT2D eigenvalue weighted by atomic mass is 10.2. The molecule has 0 unspecified atom stereocenters. The van der Waals surface area contributed by atoms with Crippen LogP contribution in [0.15, 0.2) is 46.4 Å². The lowest BCUT2D eigenvalue weighted by Crippen LogP contribution is -2.18. The van der Waals surface area contributed by atoms with Crippen LogP contribution in [0.25, 0.3) is 0 Å². The summed E-state index contributed by atoms with van der Waals surface area (Å²) in [6.07, 6.45) is 1.10. The van der Waals surface area contributed by atoms with Crippen LogP contribution in [-0.4, -0.2) is 19.7 Å². The predicted molar refractivity (Wildman–Crippen MR) is 87.5 cm³/mol. The van der Waals surface area contributed by atoms with Crippen molar-refractivity contribution in [2.45, 2.75) is 4.90 Å². The number of halogens is 3. The van der Waals surface area contributed by atoms with Gasteiger partial charge in [0.1, 0.15) is 5.75 Å². The number of nitrogens with zero attached hydrogens (tertiary/aromatic N) is 1. The Morgan fingerprint density at radius 2 is 1.68 bits per heavy atom. The Morgan fingerprint density at radius 3 is 2.32 bits per heavy atom. The summed E-state index contributed by atoms with van der Waals surface area (Å²) in [7, 11) is -3.83. The summed E-state index contributed by atoms with van der Waals surface area (Å²) >= 11 is 17.2. The zero-order valence-corrected chi connectivity index (χ0v) is 13.9. The number of benzene rings is 2. The van der Waals surface area contributed by atoms with Crippen LogP contribution in [0.2, 0.25) is 15.1 Å². The summed E-state index contributed by atoms with van der Waals surface area (Å²) < 4.78 is 23.9. The smallest absolute Gasteiger partial charge is 0.276 e. The first-order chi connectivity index (χ1) is 10.3. The number of phenols is 1. The summed E-state index contributed by atoms with van der Waals surface area (Å²) in [5.41, 5.74) is 0.177. The van der Waals surface area contributed by atoms with Crippen molar-refractivity contribution in [2.24, 2.45) is 5.10 Å². The molecule has 0 aliphatic rings. The Kier molecular flexibility index (Phi) is 5.18. The first-order valence-corrected chi connectivity index (χ1v) is 8.40. The number of aromatic hydroxyl groups is 1. The van der Waals surface area contributed by atoms with Crippen LogP contribution in [-0.2, 0) is 10.0 Å². The molecule has 0 fully saturated rings. The Bertz CT molecular complexity index is 821. The molecule has 0 aromatic heterocycles. The second-order valence-electron chi connectivity index (χ2n) is 4.13. The standard InChI is InChI=1S/C13H9Cl3N2O3S/c14-9-1-3-11(4-2-9)22(20,21)18-17-7-8-5-10(15)6-12(16)13(8)19/h1-7,18-19H/b17-7-. The van der Waals surface area contributed by atoms with E-state index in [4.69, 9.17) is 34.8 Å². The SMILES string of the molecule is O=S(=O)(N/N=C\c1cc(Cl)cc(Cl)c1O)c1ccc(Cl)cc1. The van der Waals surface area contributed by atoms with Gasteiger partial charge in [-0.05, 0) is 36.4 Å². The topological polar surface area (TPSA) is 78.8 Å². The molecule has 2 rings (SSSR count). The van der Waals surface area contributed by atoms with E-state index in [-0.39, 0.29) is 26.3 Å². The molecule has 0 amide bonds. The zero-order valence-electron chi connectivity index (χ0n) is 10.8. The molecule has 0 bridgehead atoms. The molecular weight excluding hydrogens is 371 g/mol. The van der Waals surface area contributed by atoms with E-state index in [1.165, 1.54) is 36.4 Å². The summed E-state index contributed by atoms with van der Waals surface area (Å²) in [5, 5.41) is 14.0.